The van der Waals surface area contributed by atoms with Gasteiger partial charge in [-0.1, -0.05) is 12.2 Å². The van der Waals surface area contributed by atoms with E-state index in [-0.39, 0.29) is 5.82 Å². The summed E-state index contributed by atoms with van der Waals surface area (Å²) in [5.74, 6) is -0.0153. The maximum Gasteiger partial charge on any atom is 0.145 e. The van der Waals surface area contributed by atoms with Gasteiger partial charge >= 0.3 is 0 Å². The molecule has 4 heteroatoms. The van der Waals surface area contributed by atoms with Crippen molar-refractivity contribution in [3.8, 4) is 5.75 Å². The number of hydrogen-bond donors (Lipinski definition) is 1. The Morgan fingerprint density at radius 2 is 2.29 bits per heavy atom. The first-order chi connectivity index (χ1) is 6.65. The van der Waals surface area contributed by atoms with Crippen LogP contribution in [0.4, 0.5) is 10.1 Å². The van der Waals surface area contributed by atoms with Gasteiger partial charge in [-0.15, -0.1) is 0 Å². The lowest BCUT2D eigenvalue weighted by Crippen LogP contribution is -1.98. The summed E-state index contributed by atoms with van der Waals surface area (Å²) in [6.07, 6.45) is 3.67. The molecule has 0 spiro atoms. The fourth-order valence-electron chi connectivity index (χ4n) is 0.903. The smallest absolute Gasteiger partial charge is 0.145 e. The summed E-state index contributed by atoms with van der Waals surface area (Å²) in [6.45, 7) is 2.27. The van der Waals surface area contributed by atoms with Crippen molar-refractivity contribution in [2.45, 2.75) is 6.92 Å². The highest BCUT2D eigenvalue weighted by molar-refractivity contribution is 9.10. The summed E-state index contributed by atoms with van der Waals surface area (Å²) in [4.78, 5) is 0. The van der Waals surface area contributed by atoms with Crippen LogP contribution in [-0.4, -0.2) is 6.61 Å². The van der Waals surface area contributed by atoms with Crippen molar-refractivity contribution in [3.05, 3.63) is 34.6 Å². The number of ether oxygens (including phenoxy) is 1. The Morgan fingerprint density at radius 3 is 2.93 bits per heavy atom. The van der Waals surface area contributed by atoms with Gasteiger partial charge in [0.1, 0.15) is 18.2 Å². The van der Waals surface area contributed by atoms with E-state index in [0.717, 1.165) is 0 Å². The van der Waals surface area contributed by atoms with Crippen LogP contribution >= 0.6 is 15.9 Å². The minimum absolute atomic E-state index is 0.341. The fourth-order valence-corrected chi connectivity index (χ4v) is 1.26. The second-order valence-corrected chi connectivity index (χ2v) is 3.54. The van der Waals surface area contributed by atoms with Crippen LogP contribution in [0.25, 0.3) is 0 Å². The minimum atomic E-state index is -0.380. The maximum absolute atomic E-state index is 13.1. The molecule has 76 valence electrons. The van der Waals surface area contributed by atoms with Crippen LogP contribution in [0.1, 0.15) is 6.92 Å². The van der Waals surface area contributed by atoms with Gasteiger partial charge in [-0.25, -0.2) is 4.39 Å². The molecular formula is C10H11BrFNO. The van der Waals surface area contributed by atoms with E-state index < -0.39 is 0 Å². The number of nitrogen functional groups attached to an aromatic ring is 1. The summed E-state index contributed by atoms with van der Waals surface area (Å²) >= 11 is 3.04. The van der Waals surface area contributed by atoms with E-state index in [1.807, 2.05) is 19.1 Å². The first kappa shape index (κ1) is 11.0. The number of allylic oxidation sites excluding steroid dienone is 1. The molecule has 14 heavy (non-hydrogen) atoms. The van der Waals surface area contributed by atoms with Gasteiger partial charge in [0.25, 0.3) is 0 Å². The third-order valence-electron chi connectivity index (χ3n) is 1.62. The van der Waals surface area contributed by atoms with E-state index in [2.05, 4.69) is 15.9 Å². The van der Waals surface area contributed by atoms with E-state index in [9.17, 15) is 4.39 Å². The summed E-state index contributed by atoms with van der Waals surface area (Å²) in [5, 5.41) is 0. The van der Waals surface area contributed by atoms with Crippen molar-refractivity contribution in [1.29, 1.82) is 0 Å². The number of nitrogens with two attached hydrogens (primary N) is 1. The summed E-state index contributed by atoms with van der Waals surface area (Å²) in [7, 11) is 0. The molecule has 0 heterocycles. The van der Waals surface area contributed by atoms with Gasteiger partial charge in [0, 0.05) is 6.07 Å². The highest BCUT2D eigenvalue weighted by Gasteiger charge is 2.05. The Labute approximate surface area is 90.7 Å². The quantitative estimate of drug-likeness (QED) is 0.669. The second kappa shape index (κ2) is 5.00. The Bertz CT molecular complexity index is 352. The molecule has 2 nitrogen and oxygen atoms in total. The zero-order chi connectivity index (χ0) is 10.6. The fraction of sp³-hybridized carbons (Fsp3) is 0.200. The van der Waals surface area contributed by atoms with E-state index in [0.29, 0.717) is 22.5 Å². The molecule has 0 amide bonds. The van der Waals surface area contributed by atoms with Crippen LogP contribution in [0.2, 0.25) is 0 Å². The third-order valence-corrected chi connectivity index (χ3v) is 2.23. The molecule has 0 fully saturated rings. The highest BCUT2D eigenvalue weighted by atomic mass is 79.9. The Kier molecular flexibility index (Phi) is 3.95. The van der Waals surface area contributed by atoms with Crippen LogP contribution in [0.3, 0.4) is 0 Å². The Hall–Kier alpha value is -1.03. The van der Waals surface area contributed by atoms with Crippen molar-refractivity contribution in [2.24, 2.45) is 0 Å². The molecule has 0 aliphatic rings. The summed E-state index contributed by atoms with van der Waals surface area (Å²) in [6, 6.07) is 2.75. The van der Waals surface area contributed by atoms with E-state index in [1.54, 1.807) is 0 Å². The van der Waals surface area contributed by atoms with Gasteiger partial charge < -0.3 is 10.5 Å². The molecule has 0 saturated carbocycles. The van der Waals surface area contributed by atoms with Crippen molar-refractivity contribution >= 4 is 21.6 Å². The maximum atomic E-state index is 13.1. The second-order valence-electron chi connectivity index (χ2n) is 2.68. The molecular weight excluding hydrogens is 249 g/mol. The molecule has 0 aromatic heterocycles. The van der Waals surface area contributed by atoms with Crippen molar-refractivity contribution in [1.82, 2.24) is 0 Å². The van der Waals surface area contributed by atoms with Crippen molar-refractivity contribution in [3.63, 3.8) is 0 Å². The van der Waals surface area contributed by atoms with Crippen LogP contribution < -0.4 is 10.5 Å². The topological polar surface area (TPSA) is 35.2 Å². The molecule has 1 aromatic rings. The van der Waals surface area contributed by atoms with Gasteiger partial charge in [-0.3, -0.25) is 0 Å². The van der Waals surface area contributed by atoms with Gasteiger partial charge in [-0.2, -0.15) is 0 Å². The first-order valence-electron chi connectivity index (χ1n) is 4.13. The molecule has 0 atom stereocenters. The molecule has 2 N–H and O–H groups in total. The first-order valence-corrected chi connectivity index (χ1v) is 4.93. The average molecular weight is 260 g/mol. The van der Waals surface area contributed by atoms with Crippen molar-refractivity contribution < 1.29 is 9.13 Å². The zero-order valence-corrected chi connectivity index (χ0v) is 9.34. The third kappa shape index (κ3) is 2.73. The lowest BCUT2D eigenvalue weighted by atomic mass is 10.3. The summed E-state index contributed by atoms with van der Waals surface area (Å²) in [5.41, 5.74) is 6.05. The summed E-state index contributed by atoms with van der Waals surface area (Å²) < 4.78 is 18.6. The predicted molar refractivity (Wildman–Crippen MR) is 58.8 cm³/mol. The lowest BCUT2D eigenvalue weighted by Gasteiger charge is -2.07. The van der Waals surface area contributed by atoms with Crippen LogP contribution in [0.5, 0.6) is 5.75 Å². The molecule has 0 aliphatic carbocycles. The van der Waals surface area contributed by atoms with E-state index in [4.69, 9.17) is 10.5 Å². The zero-order valence-electron chi connectivity index (χ0n) is 7.76. The average Bonchev–Trinajstić information content (AvgIpc) is 2.14. The minimum Gasteiger partial charge on any atom is -0.487 e. The van der Waals surface area contributed by atoms with Crippen LogP contribution in [-0.2, 0) is 0 Å². The van der Waals surface area contributed by atoms with Crippen LogP contribution in [0, 0.1) is 5.82 Å². The molecule has 0 saturated heterocycles. The van der Waals surface area contributed by atoms with Crippen LogP contribution in [0.15, 0.2) is 28.8 Å². The van der Waals surface area contributed by atoms with Crippen molar-refractivity contribution in [2.75, 3.05) is 12.3 Å². The van der Waals surface area contributed by atoms with Gasteiger partial charge in [0.15, 0.2) is 0 Å². The van der Waals surface area contributed by atoms with Gasteiger partial charge in [0.05, 0.1) is 10.2 Å². The number of anilines is 1. The molecule has 1 rings (SSSR count). The Morgan fingerprint density at radius 1 is 1.57 bits per heavy atom. The largest absolute Gasteiger partial charge is 0.487 e. The molecule has 0 radical (unpaired) electrons. The van der Waals surface area contributed by atoms with Gasteiger partial charge in [-0.05, 0) is 28.9 Å². The number of benzene rings is 1. The van der Waals surface area contributed by atoms with E-state index in [1.165, 1.54) is 12.1 Å². The molecule has 0 bridgehead atoms. The van der Waals surface area contributed by atoms with E-state index >= 15 is 0 Å². The normalized spacial score (nSPS) is 10.8. The highest BCUT2D eigenvalue weighted by Crippen LogP contribution is 2.28. The predicted octanol–water partition coefficient (Wildman–Crippen LogP) is 3.13. The number of halogens is 2. The molecule has 0 unspecified atom stereocenters. The Balaban J connectivity index is 2.81. The molecule has 1 aromatic carbocycles. The standard InChI is InChI=1S/C10H11BrFNO/c1-2-3-4-14-10-6-8(12)7(11)5-9(10)13/h2-3,5-6H,4,13H2,1H3/b3-2+. The van der Waals surface area contributed by atoms with Gasteiger partial charge in [0.2, 0.25) is 0 Å². The number of rotatable bonds is 3. The monoisotopic (exact) mass is 259 g/mol. The molecule has 0 aliphatic heterocycles. The number of hydrogen-bond acceptors (Lipinski definition) is 2. The SMILES string of the molecule is C/C=C/COc1cc(F)c(Br)cc1N. The lowest BCUT2D eigenvalue weighted by molar-refractivity contribution is 0.362.